The van der Waals surface area contributed by atoms with Gasteiger partial charge in [0.2, 0.25) is 0 Å². The first-order valence-electron chi connectivity index (χ1n) is 8.19. The van der Waals surface area contributed by atoms with Crippen molar-refractivity contribution in [3.63, 3.8) is 0 Å². The lowest BCUT2D eigenvalue weighted by atomic mass is 10.2. The topological polar surface area (TPSA) is 81.4 Å². The summed E-state index contributed by atoms with van der Waals surface area (Å²) in [5, 5.41) is 4.24. The Balaban J connectivity index is 0.00000312. The highest BCUT2D eigenvalue weighted by Gasteiger charge is 2.10. The zero-order chi connectivity index (χ0) is 17.5. The number of halogens is 3. The molecule has 0 fully saturated rings. The maximum Gasteiger partial charge on any atom is 0.185 e. The van der Waals surface area contributed by atoms with Crippen LogP contribution in [0.2, 0.25) is 5.02 Å². The number of guanidine groups is 1. The lowest BCUT2D eigenvalue weighted by Crippen LogP contribution is -2.23. The van der Waals surface area contributed by atoms with E-state index in [-0.39, 0.29) is 30.8 Å². The number of hydrogen-bond donors (Lipinski definition) is 3. The molecule has 0 radical (unpaired) electrons. The van der Waals surface area contributed by atoms with Gasteiger partial charge in [-0.3, -0.25) is 4.99 Å². The third-order valence-corrected chi connectivity index (χ3v) is 4.24. The van der Waals surface area contributed by atoms with Crippen LogP contribution in [0.1, 0.15) is 29.8 Å². The zero-order valence-corrected chi connectivity index (χ0v) is 17.6. The highest BCUT2D eigenvalue weighted by atomic mass is 35.5. The van der Waals surface area contributed by atoms with Crippen LogP contribution in [0, 0.1) is 13.8 Å². The van der Waals surface area contributed by atoms with Crippen LogP contribution >= 0.6 is 36.4 Å². The van der Waals surface area contributed by atoms with E-state index in [9.17, 15) is 0 Å². The van der Waals surface area contributed by atoms with Crippen LogP contribution < -0.4 is 16.8 Å². The van der Waals surface area contributed by atoms with E-state index in [2.05, 4.69) is 34.8 Å². The first kappa shape index (κ1) is 24.6. The van der Waals surface area contributed by atoms with Gasteiger partial charge in [-0.2, -0.15) is 0 Å². The number of nitrogens with one attached hydrogen (secondary N) is 1. The maximum atomic E-state index is 5.98. The highest BCUT2D eigenvalue weighted by Crippen LogP contribution is 2.22. The van der Waals surface area contributed by atoms with Crippen LogP contribution in [0.3, 0.4) is 0 Å². The number of rotatable bonds is 8. The van der Waals surface area contributed by atoms with Gasteiger partial charge in [0.05, 0.1) is 0 Å². The minimum atomic E-state index is 0. The summed E-state index contributed by atoms with van der Waals surface area (Å²) >= 11 is 5.98. The predicted octanol–water partition coefficient (Wildman–Crippen LogP) is 3.73. The van der Waals surface area contributed by atoms with Crippen molar-refractivity contribution in [2.75, 3.05) is 13.1 Å². The van der Waals surface area contributed by atoms with Gasteiger partial charge in [0.15, 0.2) is 5.96 Å². The average Bonchev–Trinajstić information content (AvgIpc) is 2.81. The Morgan fingerprint density at radius 1 is 1.12 bits per heavy atom. The van der Waals surface area contributed by atoms with Crippen LogP contribution in [-0.4, -0.2) is 23.6 Å². The van der Waals surface area contributed by atoms with Crippen LogP contribution in [0.5, 0.6) is 0 Å². The van der Waals surface area contributed by atoms with Crippen molar-refractivity contribution in [2.24, 2.45) is 16.5 Å². The molecule has 1 aromatic heterocycles. The van der Waals surface area contributed by atoms with Gasteiger partial charge in [0.1, 0.15) is 0 Å². The van der Waals surface area contributed by atoms with Crippen LogP contribution in [-0.2, 0) is 6.54 Å². The molecule has 146 valence electrons. The van der Waals surface area contributed by atoms with E-state index < -0.39 is 0 Å². The van der Waals surface area contributed by atoms with Gasteiger partial charge < -0.3 is 21.4 Å². The maximum absolute atomic E-state index is 5.98. The monoisotopic (exact) mass is 419 g/mol. The van der Waals surface area contributed by atoms with Crippen LogP contribution in [0.4, 0.5) is 0 Å². The van der Waals surface area contributed by atoms with Gasteiger partial charge in [-0.1, -0.05) is 11.6 Å². The van der Waals surface area contributed by atoms with E-state index in [1.165, 1.54) is 17.0 Å². The van der Waals surface area contributed by atoms with E-state index >= 15 is 0 Å². The summed E-state index contributed by atoms with van der Waals surface area (Å²) in [4.78, 5) is 3.98. The van der Waals surface area contributed by atoms with Crippen molar-refractivity contribution in [1.29, 1.82) is 0 Å². The molecule has 0 aliphatic carbocycles. The molecule has 0 unspecified atom stereocenters. The van der Waals surface area contributed by atoms with E-state index in [0.29, 0.717) is 6.54 Å². The molecular formula is C18H28Cl3N5. The van der Waals surface area contributed by atoms with Gasteiger partial charge in [0.25, 0.3) is 0 Å². The Labute approximate surface area is 173 Å². The smallest absolute Gasteiger partial charge is 0.185 e. The fraction of sp³-hybridized carbons (Fsp3) is 0.389. The molecule has 0 spiro atoms. The molecule has 1 aromatic carbocycles. The lowest BCUT2D eigenvalue weighted by molar-refractivity contribution is 0.626. The Kier molecular flexibility index (Phi) is 11.4. The second-order valence-corrected chi connectivity index (χ2v) is 6.34. The predicted molar refractivity (Wildman–Crippen MR) is 116 cm³/mol. The Bertz CT molecular complexity index is 692. The van der Waals surface area contributed by atoms with Crippen molar-refractivity contribution in [2.45, 2.75) is 33.2 Å². The molecular weight excluding hydrogens is 393 g/mol. The van der Waals surface area contributed by atoms with Crippen LogP contribution in [0.15, 0.2) is 35.3 Å². The number of unbranched alkanes of at least 4 members (excludes halogenated alkanes) is 1. The SMILES string of the molecule is Cc1cc(CNCCCCN=C(N)N)c(C)n1-c1ccc(Cl)cc1.Cl.Cl. The van der Waals surface area contributed by atoms with E-state index in [1.807, 2.05) is 24.3 Å². The third kappa shape index (κ3) is 7.08. The highest BCUT2D eigenvalue weighted by molar-refractivity contribution is 6.30. The summed E-state index contributed by atoms with van der Waals surface area (Å²) in [6, 6.07) is 10.2. The first-order chi connectivity index (χ1) is 11.5. The molecule has 0 saturated carbocycles. The molecule has 1 heterocycles. The number of aliphatic imine (C=N–C) groups is 1. The quantitative estimate of drug-likeness (QED) is 0.346. The Morgan fingerprint density at radius 3 is 2.38 bits per heavy atom. The lowest BCUT2D eigenvalue weighted by Gasteiger charge is -2.10. The molecule has 0 aliphatic rings. The number of aromatic nitrogens is 1. The molecule has 0 bridgehead atoms. The molecule has 5 nitrogen and oxygen atoms in total. The summed E-state index contributed by atoms with van der Waals surface area (Å²) < 4.78 is 2.26. The van der Waals surface area contributed by atoms with E-state index in [4.69, 9.17) is 23.1 Å². The second-order valence-electron chi connectivity index (χ2n) is 5.90. The Hall–Kier alpha value is -1.40. The van der Waals surface area contributed by atoms with E-state index in [1.54, 1.807) is 0 Å². The Morgan fingerprint density at radius 2 is 1.77 bits per heavy atom. The van der Waals surface area contributed by atoms with Crippen molar-refractivity contribution in [3.05, 3.63) is 52.3 Å². The van der Waals surface area contributed by atoms with E-state index in [0.717, 1.165) is 36.6 Å². The summed E-state index contributed by atoms with van der Waals surface area (Å²) in [6.07, 6.45) is 2.03. The van der Waals surface area contributed by atoms with Gasteiger partial charge in [-0.05, 0) is 69.1 Å². The number of hydrogen-bond acceptors (Lipinski definition) is 2. The first-order valence-corrected chi connectivity index (χ1v) is 8.56. The summed E-state index contributed by atoms with van der Waals surface area (Å²) in [7, 11) is 0. The normalized spacial score (nSPS) is 9.96. The van der Waals surface area contributed by atoms with Crippen molar-refractivity contribution in [1.82, 2.24) is 9.88 Å². The molecule has 0 aliphatic heterocycles. The molecule has 2 aromatic rings. The number of nitrogens with zero attached hydrogens (tertiary/aromatic N) is 2. The number of nitrogens with two attached hydrogens (primary N) is 2. The minimum absolute atomic E-state index is 0. The van der Waals surface area contributed by atoms with Gasteiger partial charge in [0, 0.05) is 35.2 Å². The minimum Gasteiger partial charge on any atom is -0.370 e. The molecule has 8 heteroatoms. The molecule has 26 heavy (non-hydrogen) atoms. The van der Waals surface area contributed by atoms with Gasteiger partial charge in [-0.15, -0.1) is 24.8 Å². The van der Waals surface area contributed by atoms with Crippen molar-refractivity contribution in [3.8, 4) is 5.69 Å². The summed E-state index contributed by atoms with van der Waals surface area (Å²) in [6.45, 7) is 6.77. The molecule has 0 saturated heterocycles. The second kappa shape index (κ2) is 12.1. The fourth-order valence-corrected chi connectivity index (χ4v) is 2.91. The number of aryl methyl sites for hydroxylation is 1. The number of benzene rings is 1. The molecule has 0 amide bonds. The van der Waals surface area contributed by atoms with Gasteiger partial charge in [-0.25, -0.2) is 0 Å². The van der Waals surface area contributed by atoms with Gasteiger partial charge >= 0.3 is 0 Å². The summed E-state index contributed by atoms with van der Waals surface area (Å²) in [5.74, 6) is 0.164. The zero-order valence-electron chi connectivity index (χ0n) is 15.2. The third-order valence-electron chi connectivity index (χ3n) is 3.99. The standard InChI is InChI=1S/C18H26ClN5.2ClH/c1-13-11-15(12-22-9-3-4-10-23-18(20)21)14(2)24(13)17-7-5-16(19)6-8-17;;/h5-8,11,22H,3-4,9-10,12H2,1-2H3,(H4,20,21,23);2*1H. The fourth-order valence-electron chi connectivity index (χ4n) is 2.79. The molecule has 5 N–H and O–H groups in total. The average molecular weight is 421 g/mol. The summed E-state index contributed by atoms with van der Waals surface area (Å²) in [5.41, 5.74) is 15.5. The molecule has 2 rings (SSSR count). The van der Waals surface area contributed by atoms with Crippen LogP contribution in [0.25, 0.3) is 5.69 Å². The van der Waals surface area contributed by atoms with Crippen molar-refractivity contribution >= 4 is 42.4 Å². The largest absolute Gasteiger partial charge is 0.370 e. The van der Waals surface area contributed by atoms with Crippen molar-refractivity contribution < 1.29 is 0 Å². The molecule has 0 atom stereocenters.